The number of pyridine rings is 1. The number of ketones is 1. The van der Waals surface area contributed by atoms with Gasteiger partial charge in [0.05, 0.1) is 11.3 Å². The number of likely N-dealkylation sites (tertiary alicyclic amines) is 1. The van der Waals surface area contributed by atoms with E-state index in [9.17, 15) is 23.9 Å². The fraction of sp³-hybridized carbons (Fsp3) is 0.222. The number of aryl methyl sites for hydroxylation is 1. The lowest BCUT2D eigenvalue weighted by atomic mass is 9.99. The number of piperidine rings is 1. The van der Waals surface area contributed by atoms with Gasteiger partial charge in [-0.3, -0.25) is 14.2 Å². The summed E-state index contributed by atoms with van der Waals surface area (Å²) in [7, 11) is 0. The summed E-state index contributed by atoms with van der Waals surface area (Å²) in [6.07, 6.45) is 0.245. The van der Waals surface area contributed by atoms with Crippen LogP contribution in [0.4, 0.5) is 14.2 Å². The first-order valence-corrected chi connectivity index (χ1v) is 12.4. The fourth-order valence-electron chi connectivity index (χ4n) is 4.56. The monoisotopic (exact) mass is 505 g/mol. The van der Waals surface area contributed by atoms with Crippen LogP contribution in [0.5, 0.6) is 0 Å². The van der Waals surface area contributed by atoms with Crippen molar-refractivity contribution in [2.75, 3.05) is 18.4 Å². The van der Waals surface area contributed by atoms with Crippen LogP contribution in [0, 0.1) is 12.7 Å². The SMILES string of the molecule is Cc1cc(C(=O)c2c(NC3CCN(C(=O)O)CC3)sc3c2ccc(=O)n3-c2ccccc2)ccc1F. The van der Waals surface area contributed by atoms with E-state index in [1.54, 1.807) is 17.6 Å². The van der Waals surface area contributed by atoms with Crippen molar-refractivity contribution in [3.63, 3.8) is 0 Å². The minimum absolute atomic E-state index is 0.0351. The van der Waals surface area contributed by atoms with E-state index < -0.39 is 6.09 Å². The molecule has 0 radical (unpaired) electrons. The summed E-state index contributed by atoms with van der Waals surface area (Å²) in [5, 5.41) is 14.0. The second-order valence-corrected chi connectivity index (χ2v) is 9.85. The first-order chi connectivity index (χ1) is 17.3. The van der Waals surface area contributed by atoms with Crippen LogP contribution >= 0.6 is 11.3 Å². The number of amides is 1. The minimum Gasteiger partial charge on any atom is -0.465 e. The summed E-state index contributed by atoms with van der Waals surface area (Å²) in [4.78, 5) is 40.0. The Morgan fingerprint density at radius 3 is 2.44 bits per heavy atom. The molecule has 7 nitrogen and oxygen atoms in total. The zero-order chi connectivity index (χ0) is 25.4. The van der Waals surface area contributed by atoms with Gasteiger partial charge in [-0.15, -0.1) is 0 Å². The summed E-state index contributed by atoms with van der Waals surface area (Å²) in [6.45, 7) is 2.40. The summed E-state index contributed by atoms with van der Waals surface area (Å²) in [5.74, 6) is -0.656. The van der Waals surface area contributed by atoms with Crippen LogP contribution in [-0.4, -0.2) is 45.6 Å². The Labute approximate surface area is 210 Å². The molecular formula is C27H24FN3O4S. The third-order valence-electron chi connectivity index (χ3n) is 6.50. The number of carbonyl (C=O) groups excluding carboxylic acids is 1. The lowest BCUT2D eigenvalue weighted by Gasteiger charge is -2.30. The average Bonchev–Trinajstić information content (AvgIpc) is 3.23. The molecule has 0 saturated carbocycles. The summed E-state index contributed by atoms with van der Waals surface area (Å²) < 4.78 is 15.5. The van der Waals surface area contributed by atoms with Crippen molar-refractivity contribution in [1.82, 2.24) is 9.47 Å². The number of aromatic nitrogens is 1. The van der Waals surface area contributed by atoms with Gasteiger partial charge in [-0.1, -0.05) is 29.5 Å². The van der Waals surface area contributed by atoms with Crippen molar-refractivity contribution >= 4 is 38.4 Å². The van der Waals surface area contributed by atoms with Crippen LogP contribution in [0.15, 0.2) is 65.5 Å². The summed E-state index contributed by atoms with van der Waals surface area (Å²) in [5.41, 5.74) is 1.62. The van der Waals surface area contributed by atoms with Gasteiger partial charge in [-0.2, -0.15) is 0 Å². The summed E-state index contributed by atoms with van der Waals surface area (Å²) >= 11 is 1.32. The molecule has 184 valence electrons. The van der Waals surface area contributed by atoms with Crippen LogP contribution < -0.4 is 10.9 Å². The van der Waals surface area contributed by atoms with Gasteiger partial charge in [0.1, 0.15) is 15.6 Å². The number of halogens is 1. The Morgan fingerprint density at radius 1 is 1.06 bits per heavy atom. The van der Waals surface area contributed by atoms with Crippen molar-refractivity contribution in [1.29, 1.82) is 0 Å². The molecule has 0 spiro atoms. The van der Waals surface area contributed by atoms with Gasteiger partial charge in [-0.25, -0.2) is 9.18 Å². The molecule has 2 aromatic heterocycles. The molecule has 1 aliphatic heterocycles. The van der Waals surface area contributed by atoms with Crippen molar-refractivity contribution < 1.29 is 19.1 Å². The molecule has 2 N–H and O–H groups in total. The van der Waals surface area contributed by atoms with Crippen LogP contribution in [0.25, 0.3) is 15.9 Å². The number of carboxylic acid groups (broad SMARTS) is 1. The largest absolute Gasteiger partial charge is 0.465 e. The van der Waals surface area contributed by atoms with Crippen molar-refractivity contribution in [3.05, 3.63) is 93.5 Å². The van der Waals surface area contributed by atoms with Gasteiger partial charge in [0.25, 0.3) is 5.56 Å². The molecular weight excluding hydrogens is 481 g/mol. The maximum absolute atomic E-state index is 13.9. The zero-order valence-electron chi connectivity index (χ0n) is 19.5. The second kappa shape index (κ2) is 9.58. The Morgan fingerprint density at radius 2 is 1.78 bits per heavy atom. The highest BCUT2D eigenvalue weighted by atomic mass is 32.1. The van der Waals surface area contributed by atoms with E-state index in [-0.39, 0.29) is 23.2 Å². The molecule has 5 rings (SSSR count). The maximum Gasteiger partial charge on any atom is 0.407 e. The van der Waals surface area contributed by atoms with E-state index in [1.165, 1.54) is 40.5 Å². The quantitative estimate of drug-likeness (QED) is 0.360. The lowest BCUT2D eigenvalue weighted by Crippen LogP contribution is -2.41. The molecule has 1 aliphatic rings. The average molecular weight is 506 g/mol. The molecule has 3 heterocycles. The fourth-order valence-corrected chi connectivity index (χ4v) is 5.85. The van der Waals surface area contributed by atoms with E-state index in [4.69, 9.17) is 0 Å². The smallest absolute Gasteiger partial charge is 0.407 e. The molecule has 1 fully saturated rings. The van der Waals surface area contributed by atoms with E-state index in [1.807, 2.05) is 30.3 Å². The van der Waals surface area contributed by atoms with Crippen LogP contribution in [-0.2, 0) is 0 Å². The standard InChI is InChI=1S/C27H24FN3O4S/c1-16-15-17(7-9-21(16)28)24(33)23-20-8-10-22(32)31(19-5-3-2-4-6-19)26(20)36-25(23)29-18-11-13-30(14-12-18)27(34)35/h2-10,15,18,29H,11-14H2,1H3,(H,34,35). The predicted molar refractivity (Wildman–Crippen MR) is 138 cm³/mol. The van der Waals surface area contributed by atoms with Gasteiger partial charge < -0.3 is 15.3 Å². The molecule has 0 unspecified atom stereocenters. The van der Waals surface area contributed by atoms with Gasteiger partial charge in [0.15, 0.2) is 5.78 Å². The van der Waals surface area contributed by atoms with Crippen molar-refractivity contribution in [3.8, 4) is 5.69 Å². The number of rotatable bonds is 5. The number of hydrogen-bond acceptors (Lipinski definition) is 5. The van der Waals surface area contributed by atoms with Gasteiger partial charge in [0.2, 0.25) is 0 Å². The molecule has 4 aromatic rings. The molecule has 0 aliphatic carbocycles. The summed E-state index contributed by atoms with van der Waals surface area (Å²) in [6, 6.07) is 16.6. The maximum atomic E-state index is 13.9. The molecule has 0 atom stereocenters. The highest BCUT2D eigenvalue weighted by Gasteiger charge is 2.27. The topological polar surface area (TPSA) is 91.6 Å². The lowest BCUT2D eigenvalue weighted by molar-refractivity contribution is 0.104. The Kier molecular flexibility index (Phi) is 6.32. The second-order valence-electron chi connectivity index (χ2n) is 8.85. The number of hydrogen-bond donors (Lipinski definition) is 2. The Balaban J connectivity index is 1.63. The highest BCUT2D eigenvalue weighted by Crippen LogP contribution is 2.38. The van der Waals surface area contributed by atoms with Crippen molar-refractivity contribution in [2.24, 2.45) is 0 Å². The Hall–Kier alpha value is -3.98. The normalized spacial score (nSPS) is 14.2. The van der Waals surface area contributed by atoms with E-state index >= 15 is 0 Å². The molecule has 36 heavy (non-hydrogen) atoms. The number of nitrogens with zero attached hydrogens (tertiary/aromatic N) is 2. The molecule has 0 bridgehead atoms. The third kappa shape index (κ3) is 4.37. The van der Waals surface area contributed by atoms with Crippen LogP contribution in [0.1, 0.15) is 34.3 Å². The van der Waals surface area contributed by atoms with E-state index in [2.05, 4.69) is 5.32 Å². The number of carbonyl (C=O) groups is 2. The minimum atomic E-state index is -0.940. The molecule has 9 heteroatoms. The Bertz CT molecular complexity index is 1520. The predicted octanol–water partition coefficient (Wildman–Crippen LogP) is 5.29. The first-order valence-electron chi connectivity index (χ1n) is 11.6. The molecule has 1 amide bonds. The van der Waals surface area contributed by atoms with Crippen molar-refractivity contribution in [2.45, 2.75) is 25.8 Å². The molecule has 2 aromatic carbocycles. The van der Waals surface area contributed by atoms with Crippen LogP contribution in [0.2, 0.25) is 0 Å². The highest BCUT2D eigenvalue weighted by molar-refractivity contribution is 7.23. The first kappa shape index (κ1) is 23.7. The third-order valence-corrected chi connectivity index (χ3v) is 7.63. The van der Waals surface area contributed by atoms with Gasteiger partial charge >= 0.3 is 6.09 Å². The number of anilines is 1. The number of nitrogens with one attached hydrogen (secondary N) is 1. The van der Waals surface area contributed by atoms with Gasteiger partial charge in [0, 0.05) is 36.1 Å². The van der Waals surface area contributed by atoms with Crippen LogP contribution in [0.3, 0.4) is 0 Å². The molecule has 1 saturated heterocycles. The zero-order valence-corrected chi connectivity index (χ0v) is 20.3. The number of benzene rings is 2. The van der Waals surface area contributed by atoms with E-state index in [0.29, 0.717) is 63.5 Å². The number of para-hydroxylation sites is 1. The number of thiophene rings is 1. The van der Waals surface area contributed by atoms with Gasteiger partial charge in [-0.05, 0) is 61.7 Å². The number of fused-ring (bicyclic) bond motifs is 1. The van der Waals surface area contributed by atoms with E-state index in [0.717, 1.165) is 0 Å².